The van der Waals surface area contributed by atoms with Crippen LogP contribution in [0.4, 0.5) is 17.1 Å². The molecule has 0 saturated carbocycles. The molecular formula is C29H30LiN5O3-2. The third kappa shape index (κ3) is 7.65. The number of pyridine rings is 1. The molecule has 1 heterocycles. The molecule has 9 heteroatoms. The molecule has 1 amide bonds. The predicted octanol–water partition coefficient (Wildman–Crippen LogP) is 2.56. The van der Waals surface area contributed by atoms with Gasteiger partial charge in [-0.05, 0) is 49.2 Å². The molecule has 0 atom stereocenters. The van der Waals surface area contributed by atoms with E-state index >= 15 is 0 Å². The first-order valence-electron chi connectivity index (χ1n) is 11.7. The van der Waals surface area contributed by atoms with Crippen molar-refractivity contribution in [3.05, 3.63) is 119 Å². The Balaban J connectivity index is 0.000000430. The number of anilines is 2. The molecule has 0 spiro atoms. The smallest absolute Gasteiger partial charge is 0.398 e. The number of carbonyl (C=O) groups is 1. The van der Waals surface area contributed by atoms with Gasteiger partial charge >= 0.3 is 18.9 Å². The number of nitrogen functional groups attached to an aromatic ring is 1. The molecule has 0 aliphatic rings. The van der Waals surface area contributed by atoms with Gasteiger partial charge in [-0.3, -0.25) is 19.9 Å². The van der Waals surface area contributed by atoms with E-state index in [0.29, 0.717) is 36.6 Å². The maximum atomic E-state index is 12.9. The first-order valence-corrected chi connectivity index (χ1v) is 11.7. The van der Waals surface area contributed by atoms with Crippen molar-refractivity contribution in [1.29, 1.82) is 0 Å². The number of nitrogens with zero attached hydrogens (tertiary/aromatic N) is 3. The zero-order valence-electron chi connectivity index (χ0n) is 22.0. The van der Waals surface area contributed by atoms with Gasteiger partial charge in [0.2, 0.25) is 0 Å². The van der Waals surface area contributed by atoms with Gasteiger partial charge in [-0.15, -0.1) is 19.2 Å². The van der Waals surface area contributed by atoms with Crippen LogP contribution in [-0.2, 0) is 6.54 Å². The molecule has 192 valence electrons. The molecule has 4 aromatic rings. The third-order valence-corrected chi connectivity index (χ3v) is 5.96. The van der Waals surface area contributed by atoms with Crippen LogP contribution in [0.15, 0.2) is 66.7 Å². The Hall–Kier alpha value is -3.70. The Bertz CT molecular complexity index is 1390. The third-order valence-electron chi connectivity index (χ3n) is 5.96. The van der Waals surface area contributed by atoms with Gasteiger partial charge in [-0.1, -0.05) is 24.3 Å². The molecule has 4 rings (SSSR count). The van der Waals surface area contributed by atoms with E-state index < -0.39 is 4.92 Å². The maximum Gasteiger partial charge on any atom is 1.00 e. The van der Waals surface area contributed by atoms with Crippen LogP contribution in [0, 0.1) is 43.9 Å². The number of nitrogens with one attached hydrogen (secondary N) is 1. The number of aryl methyl sites for hydroxylation is 1. The quantitative estimate of drug-likeness (QED) is 0.173. The standard InChI is InChI=1S/C23H26N4O.C6H4NO2.Li/c1-5-27(6-2)14-17-9-7-8-10-19(17)23(28)26-18-11-12-21-20(13-18)22(24)15(3)16(4)25-21;8-7(9)6-4-2-1-3-5-6;/h7-13H,1-2,5-6,14H2,3-4H3,(H2,24,25)(H,26,28);1-4H;/q-2;-1;+1. The number of nitro benzene ring substituents is 1. The molecule has 0 radical (unpaired) electrons. The number of fused-ring (bicyclic) bond motifs is 1. The average molecular weight is 504 g/mol. The van der Waals surface area contributed by atoms with Crippen molar-refractivity contribution in [2.75, 3.05) is 24.1 Å². The molecule has 8 nitrogen and oxygen atoms in total. The molecule has 0 aliphatic heterocycles. The van der Waals surface area contributed by atoms with Gasteiger partial charge in [0.1, 0.15) is 0 Å². The van der Waals surface area contributed by atoms with Crippen molar-refractivity contribution in [2.45, 2.75) is 20.4 Å². The monoisotopic (exact) mass is 503 g/mol. The van der Waals surface area contributed by atoms with E-state index in [9.17, 15) is 14.9 Å². The fraction of sp³-hybridized carbons (Fsp3) is 0.172. The van der Waals surface area contributed by atoms with Crippen LogP contribution in [0.1, 0.15) is 27.2 Å². The number of carbonyl (C=O) groups excluding carboxylic acids is 1. The predicted molar refractivity (Wildman–Crippen MR) is 148 cm³/mol. The summed E-state index contributed by atoms with van der Waals surface area (Å²) >= 11 is 0. The molecule has 0 saturated heterocycles. The number of hydrogen-bond donors (Lipinski definition) is 2. The van der Waals surface area contributed by atoms with Crippen molar-refractivity contribution in [3.8, 4) is 0 Å². The van der Waals surface area contributed by atoms with E-state index in [4.69, 9.17) is 5.73 Å². The Morgan fingerprint density at radius 1 is 1.11 bits per heavy atom. The van der Waals surface area contributed by atoms with Crippen LogP contribution < -0.4 is 29.9 Å². The van der Waals surface area contributed by atoms with Crippen LogP contribution in [0.3, 0.4) is 0 Å². The van der Waals surface area contributed by atoms with Gasteiger partial charge < -0.3 is 29.8 Å². The number of nitro groups is 1. The number of nitrogens with two attached hydrogens (primary N) is 1. The normalized spacial score (nSPS) is 10.3. The van der Waals surface area contributed by atoms with Gasteiger partial charge in [0, 0.05) is 39.5 Å². The van der Waals surface area contributed by atoms with E-state index in [-0.39, 0.29) is 30.5 Å². The number of para-hydroxylation sites is 1. The molecule has 0 aliphatic carbocycles. The molecular weight excluding hydrogens is 473 g/mol. The van der Waals surface area contributed by atoms with Gasteiger partial charge in [0.25, 0.3) is 5.91 Å². The number of non-ortho nitro benzene ring substituents is 1. The zero-order valence-corrected chi connectivity index (χ0v) is 22.0. The summed E-state index contributed by atoms with van der Waals surface area (Å²) < 4.78 is 0. The first-order chi connectivity index (χ1) is 17.7. The minimum absolute atomic E-state index is 0. The average Bonchev–Trinajstić information content (AvgIpc) is 2.92. The van der Waals surface area contributed by atoms with E-state index in [1.165, 1.54) is 12.1 Å². The summed E-state index contributed by atoms with van der Waals surface area (Å²) in [7, 11) is 0. The number of benzene rings is 3. The molecule has 0 fully saturated rings. The topological polar surface area (TPSA) is 114 Å². The molecule has 38 heavy (non-hydrogen) atoms. The van der Waals surface area contributed by atoms with Crippen molar-refractivity contribution >= 4 is 33.9 Å². The summed E-state index contributed by atoms with van der Waals surface area (Å²) in [5, 5.41) is 13.8. The van der Waals surface area contributed by atoms with Gasteiger partial charge in [-0.25, -0.2) is 0 Å². The van der Waals surface area contributed by atoms with E-state index in [2.05, 4.69) is 35.1 Å². The summed E-state index contributed by atoms with van der Waals surface area (Å²) in [5.41, 5.74) is 11.9. The molecule has 0 bridgehead atoms. The van der Waals surface area contributed by atoms with Gasteiger partial charge in [0.15, 0.2) is 5.69 Å². The number of amides is 1. The zero-order chi connectivity index (χ0) is 26.9. The fourth-order valence-electron chi connectivity index (χ4n) is 3.67. The van der Waals surface area contributed by atoms with Crippen LogP contribution >= 0.6 is 0 Å². The van der Waals surface area contributed by atoms with Crippen molar-refractivity contribution in [2.24, 2.45) is 0 Å². The summed E-state index contributed by atoms with van der Waals surface area (Å²) in [6.45, 7) is 13.6. The summed E-state index contributed by atoms with van der Waals surface area (Å²) in [6.07, 6.45) is 0. The Kier molecular flexibility index (Phi) is 11.5. The Morgan fingerprint density at radius 3 is 2.39 bits per heavy atom. The Labute approximate surface area is 235 Å². The van der Waals surface area contributed by atoms with Crippen LogP contribution in [0.2, 0.25) is 0 Å². The van der Waals surface area contributed by atoms with E-state index in [0.717, 1.165) is 27.7 Å². The number of hydrogen-bond acceptors (Lipinski definition) is 6. The molecule has 0 unspecified atom stereocenters. The summed E-state index contributed by atoms with van der Waals surface area (Å²) in [6, 6.07) is 21.9. The summed E-state index contributed by atoms with van der Waals surface area (Å²) in [4.78, 5) is 29.1. The minimum atomic E-state index is -0.472. The SMILES string of the molecule is O=[N+]([O-])c1[c-]cccc1.[CH2-]CN(C[CH2-])Cc1ccccc1C(=O)Nc1ccc2nc(C)c(C)c(N)c2c1.[Li+]. The fourth-order valence-corrected chi connectivity index (χ4v) is 3.67. The number of rotatable bonds is 7. The van der Waals surface area contributed by atoms with Gasteiger partial charge in [-0.2, -0.15) is 18.2 Å². The first kappa shape index (κ1) is 30.5. The molecule has 1 aromatic heterocycles. The Morgan fingerprint density at radius 2 is 1.79 bits per heavy atom. The minimum Gasteiger partial charge on any atom is -0.398 e. The van der Waals surface area contributed by atoms with Crippen molar-refractivity contribution < 1.29 is 28.6 Å². The second kappa shape index (κ2) is 14.3. The second-order valence-electron chi connectivity index (χ2n) is 8.36. The van der Waals surface area contributed by atoms with E-state index in [1.807, 2.05) is 56.3 Å². The molecule has 3 N–H and O–H groups in total. The van der Waals surface area contributed by atoms with E-state index in [1.54, 1.807) is 12.1 Å². The van der Waals surface area contributed by atoms with Crippen LogP contribution in [-0.4, -0.2) is 33.8 Å². The van der Waals surface area contributed by atoms with Gasteiger partial charge in [0.05, 0.1) is 5.52 Å². The summed E-state index contributed by atoms with van der Waals surface area (Å²) in [5.74, 6) is -0.154. The maximum absolute atomic E-state index is 12.9. The second-order valence-corrected chi connectivity index (χ2v) is 8.36. The van der Waals surface area contributed by atoms with Crippen molar-refractivity contribution in [3.63, 3.8) is 0 Å². The molecule has 3 aromatic carbocycles. The number of aromatic nitrogens is 1. The largest absolute Gasteiger partial charge is 1.00 e. The van der Waals surface area contributed by atoms with Crippen molar-refractivity contribution in [1.82, 2.24) is 9.88 Å². The van der Waals surface area contributed by atoms with Crippen LogP contribution in [0.5, 0.6) is 0 Å². The van der Waals surface area contributed by atoms with Crippen LogP contribution in [0.25, 0.3) is 10.9 Å².